The van der Waals surface area contributed by atoms with Gasteiger partial charge >= 0.3 is 0 Å². The van der Waals surface area contributed by atoms with E-state index in [1.165, 1.54) is 0 Å². The van der Waals surface area contributed by atoms with Crippen LogP contribution in [0.3, 0.4) is 0 Å². The lowest BCUT2D eigenvalue weighted by Crippen LogP contribution is -2.38. The maximum absolute atomic E-state index is 13.0. The van der Waals surface area contributed by atoms with Crippen LogP contribution in [0, 0.1) is 5.92 Å². The number of nitrogens with one attached hydrogen (secondary N) is 2. The SMILES string of the molecule is COc1cc(NC(=O)C2CCN(c3ccnc(-c4cccc(-c5nc6ccccc6[nH]5)c4)n3)CC2)cc(OC)c1. The Hall–Kier alpha value is -4.92. The molecule has 9 heteroatoms. The number of hydrogen-bond acceptors (Lipinski definition) is 7. The number of fused-ring (bicyclic) bond motifs is 1. The predicted molar refractivity (Wildman–Crippen MR) is 156 cm³/mol. The number of hydrogen-bond donors (Lipinski definition) is 2. The second kappa shape index (κ2) is 11.1. The van der Waals surface area contributed by atoms with Crippen molar-refractivity contribution in [1.29, 1.82) is 0 Å². The lowest BCUT2D eigenvalue weighted by Gasteiger charge is -2.32. The van der Waals surface area contributed by atoms with E-state index >= 15 is 0 Å². The first kappa shape index (κ1) is 25.4. The Morgan fingerprint density at radius 3 is 2.40 bits per heavy atom. The molecule has 3 heterocycles. The molecule has 0 saturated carbocycles. The van der Waals surface area contributed by atoms with E-state index in [-0.39, 0.29) is 11.8 Å². The number of methoxy groups -OCH3 is 2. The first-order valence-electron chi connectivity index (χ1n) is 13.3. The Morgan fingerprint density at radius 2 is 1.65 bits per heavy atom. The number of carbonyl (C=O) groups is 1. The molecule has 6 rings (SSSR count). The monoisotopic (exact) mass is 534 g/mol. The van der Waals surface area contributed by atoms with Crippen molar-refractivity contribution >= 4 is 28.4 Å². The number of piperidine rings is 1. The molecule has 2 N–H and O–H groups in total. The molecule has 1 saturated heterocycles. The largest absolute Gasteiger partial charge is 0.497 e. The summed E-state index contributed by atoms with van der Waals surface area (Å²) >= 11 is 0. The van der Waals surface area contributed by atoms with Crippen molar-refractivity contribution in [3.63, 3.8) is 0 Å². The summed E-state index contributed by atoms with van der Waals surface area (Å²) in [6.45, 7) is 1.46. The fraction of sp³-hybridized carbons (Fsp3) is 0.226. The zero-order valence-electron chi connectivity index (χ0n) is 22.4. The maximum atomic E-state index is 13.0. The molecular formula is C31H30N6O3. The highest BCUT2D eigenvalue weighted by Crippen LogP contribution is 2.29. The Balaban J connectivity index is 1.13. The summed E-state index contributed by atoms with van der Waals surface area (Å²) in [5.74, 6) is 3.50. The highest BCUT2D eigenvalue weighted by atomic mass is 16.5. The minimum absolute atomic E-state index is 0.000680. The van der Waals surface area contributed by atoms with Crippen LogP contribution in [0.5, 0.6) is 11.5 Å². The quantitative estimate of drug-likeness (QED) is 0.282. The fourth-order valence-corrected chi connectivity index (χ4v) is 5.05. The van der Waals surface area contributed by atoms with E-state index < -0.39 is 0 Å². The third-order valence-corrected chi connectivity index (χ3v) is 7.23. The standard InChI is InChI=1S/C31H30N6O3/c1-39-24-17-23(18-25(19-24)40-2)33-31(38)20-11-14-37(15-12-20)28-10-13-32-29(36-28)21-6-5-7-22(16-21)30-34-26-8-3-4-9-27(26)35-30/h3-10,13,16-20H,11-12,14-15H2,1-2H3,(H,33,38)(H,34,35). The van der Waals surface area contributed by atoms with Gasteiger partial charge in [0.2, 0.25) is 5.91 Å². The number of nitrogens with zero attached hydrogens (tertiary/aromatic N) is 4. The Labute approximate surface area is 232 Å². The summed E-state index contributed by atoms with van der Waals surface area (Å²) in [7, 11) is 3.18. The molecule has 0 bridgehead atoms. The van der Waals surface area contributed by atoms with E-state index in [1.54, 1.807) is 38.6 Å². The van der Waals surface area contributed by atoms with E-state index in [2.05, 4.69) is 26.3 Å². The van der Waals surface area contributed by atoms with Crippen molar-refractivity contribution in [1.82, 2.24) is 19.9 Å². The number of benzene rings is 3. The average Bonchev–Trinajstić information content (AvgIpc) is 3.46. The van der Waals surface area contributed by atoms with Gasteiger partial charge in [0.25, 0.3) is 0 Å². The molecule has 0 spiro atoms. The minimum Gasteiger partial charge on any atom is -0.497 e. The molecule has 5 aromatic rings. The summed E-state index contributed by atoms with van der Waals surface area (Å²) in [4.78, 5) is 32.8. The molecule has 40 heavy (non-hydrogen) atoms. The van der Waals surface area contributed by atoms with Crippen LogP contribution in [0.15, 0.2) is 79.0 Å². The first-order chi connectivity index (χ1) is 19.6. The zero-order chi connectivity index (χ0) is 27.5. The third kappa shape index (κ3) is 5.31. The highest BCUT2D eigenvalue weighted by molar-refractivity contribution is 5.93. The van der Waals surface area contributed by atoms with Crippen molar-refractivity contribution in [3.05, 3.63) is 79.0 Å². The maximum Gasteiger partial charge on any atom is 0.227 e. The number of carbonyl (C=O) groups excluding carboxylic acids is 1. The van der Waals surface area contributed by atoms with Gasteiger partial charge in [-0.1, -0.05) is 30.3 Å². The molecular weight excluding hydrogens is 504 g/mol. The van der Waals surface area contributed by atoms with E-state index in [0.717, 1.165) is 59.7 Å². The molecule has 1 fully saturated rings. The summed E-state index contributed by atoms with van der Waals surface area (Å²) in [5, 5.41) is 3.02. The van der Waals surface area contributed by atoms with Crippen LogP contribution < -0.4 is 19.7 Å². The van der Waals surface area contributed by atoms with Gasteiger partial charge in [-0.15, -0.1) is 0 Å². The molecule has 3 aromatic carbocycles. The Bertz CT molecular complexity index is 1600. The molecule has 202 valence electrons. The number of para-hydroxylation sites is 2. The lowest BCUT2D eigenvalue weighted by atomic mass is 9.95. The number of aromatic amines is 1. The smallest absolute Gasteiger partial charge is 0.227 e. The molecule has 0 aliphatic carbocycles. The van der Waals surface area contributed by atoms with Gasteiger partial charge in [-0.25, -0.2) is 15.0 Å². The number of rotatable bonds is 7. The van der Waals surface area contributed by atoms with Crippen LogP contribution in [-0.4, -0.2) is 53.2 Å². The number of imidazole rings is 1. The summed E-state index contributed by atoms with van der Waals surface area (Å²) < 4.78 is 10.6. The van der Waals surface area contributed by atoms with Gasteiger partial charge in [-0.05, 0) is 37.1 Å². The number of aromatic nitrogens is 4. The Kier molecular flexibility index (Phi) is 7.01. The second-order valence-corrected chi connectivity index (χ2v) is 9.77. The minimum atomic E-state index is -0.0877. The molecule has 0 atom stereocenters. The molecule has 0 radical (unpaired) electrons. The van der Waals surface area contributed by atoms with Crippen molar-refractivity contribution in [2.75, 3.05) is 37.5 Å². The molecule has 1 aliphatic rings. The van der Waals surface area contributed by atoms with Gasteiger partial charge in [0, 0.05) is 60.2 Å². The average molecular weight is 535 g/mol. The third-order valence-electron chi connectivity index (χ3n) is 7.23. The zero-order valence-corrected chi connectivity index (χ0v) is 22.4. The van der Waals surface area contributed by atoms with Gasteiger partial charge in [0.05, 0.1) is 25.3 Å². The van der Waals surface area contributed by atoms with Crippen LogP contribution >= 0.6 is 0 Å². The number of H-pyrrole nitrogens is 1. The van der Waals surface area contributed by atoms with Crippen LogP contribution in [0.4, 0.5) is 11.5 Å². The van der Waals surface area contributed by atoms with Crippen molar-refractivity contribution in [2.24, 2.45) is 5.92 Å². The van der Waals surface area contributed by atoms with Crippen molar-refractivity contribution in [2.45, 2.75) is 12.8 Å². The lowest BCUT2D eigenvalue weighted by molar-refractivity contribution is -0.120. The molecule has 0 unspecified atom stereocenters. The predicted octanol–water partition coefficient (Wildman–Crippen LogP) is 5.56. The highest BCUT2D eigenvalue weighted by Gasteiger charge is 2.26. The number of ether oxygens (including phenoxy) is 2. The van der Waals surface area contributed by atoms with E-state index in [1.807, 2.05) is 48.5 Å². The molecule has 9 nitrogen and oxygen atoms in total. The first-order valence-corrected chi connectivity index (χ1v) is 13.3. The van der Waals surface area contributed by atoms with Crippen LogP contribution in [0.25, 0.3) is 33.8 Å². The van der Waals surface area contributed by atoms with Crippen LogP contribution in [0.1, 0.15) is 12.8 Å². The van der Waals surface area contributed by atoms with Crippen LogP contribution in [0.2, 0.25) is 0 Å². The van der Waals surface area contributed by atoms with Gasteiger partial charge in [0.15, 0.2) is 5.82 Å². The topological polar surface area (TPSA) is 105 Å². The van der Waals surface area contributed by atoms with E-state index in [9.17, 15) is 4.79 Å². The van der Waals surface area contributed by atoms with E-state index in [0.29, 0.717) is 23.0 Å². The fourth-order valence-electron chi connectivity index (χ4n) is 5.05. The molecule has 1 amide bonds. The van der Waals surface area contributed by atoms with Gasteiger partial charge in [-0.2, -0.15) is 0 Å². The summed E-state index contributed by atoms with van der Waals surface area (Å²) in [6.07, 6.45) is 3.25. The van der Waals surface area contributed by atoms with Crippen molar-refractivity contribution in [3.8, 4) is 34.3 Å². The molecule has 1 aliphatic heterocycles. The number of amides is 1. The number of anilines is 2. The second-order valence-electron chi connectivity index (χ2n) is 9.77. The summed E-state index contributed by atoms with van der Waals surface area (Å²) in [5.41, 5.74) is 4.49. The molecule has 2 aromatic heterocycles. The normalized spacial score (nSPS) is 13.8. The van der Waals surface area contributed by atoms with Gasteiger partial charge < -0.3 is 24.7 Å². The van der Waals surface area contributed by atoms with Gasteiger partial charge in [-0.3, -0.25) is 4.79 Å². The Morgan fingerprint density at radius 1 is 0.900 bits per heavy atom. The van der Waals surface area contributed by atoms with E-state index in [4.69, 9.17) is 19.4 Å². The van der Waals surface area contributed by atoms with Crippen LogP contribution in [-0.2, 0) is 4.79 Å². The summed E-state index contributed by atoms with van der Waals surface area (Å²) in [6, 6.07) is 23.4. The van der Waals surface area contributed by atoms with Crippen molar-refractivity contribution < 1.29 is 14.3 Å². The van der Waals surface area contributed by atoms with Gasteiger partial charge in [0.1, 0.15) is 23.1 Å².